The zero-order valence-electron chi connectivity index (χ0n) is 7.66. The van der Waals surface area contributed by atoms with Gasteiger partial charge in [-0.15, -0.1) is 0 Å². The van der Waals surface area contributed by atoms with Crippen molar-refractivity contribution in [1.29, 1.82) is 0 Å². The molecular formula is C11H10CrO2. The SMILES string of the molecule is O=C1CCCc2ccccc21.[C]=O.[Cr]. The van der Waals surface area contributed by atoms with E-state index < -0.39 is 0 Å². The number of hydrogen-bond acceptors (Lipinski definition) is 2. The summed E-state index contributed by atoms with van der Waals surface area (Å²) in [5.41, 5.74) is 2.17. The minimum atomic E-state index is 0. The van der Waals surface area contributed by atoms with Crippen LogP contribution in [0.4, 0.5) is 0 Å². The summed E-state index contributed by atoms with van der Waals surface area (Å²) < 4.78 is 0. The van der Waals surface area contributed by atoms with Gasteiger partial charge >= 0.3 is 0 Å². The molecule has 0 heterocycles. The number of carbonyl (C=O) groups is 1. The van der Waals surface area contributed by atoms with E-state index in [1.54, 1.807) is 0 Å². The minimum Gasteiger partial charge on any atom is -0.294 e. The maximum Gasteiger partial charge on any atom is 0.281 e. The van der Waals surface area contributed by atoms with Gasteiger partial charge in [0.05, 0.1) is 0 Å². The molecule has 0 unspecified atom stereocenters. The number of aryl methyl sites for hydroxylation is 1. The summed E-state index contributed by atoms with van der Waals surface area (Å²) in [5, 5.41) is 0. The number of fused-ring (bicyclic) bond motifs is 1. The van der Waals surface area contributed by atoms with Crippen LogP contribution < -0.4 is 0 Å². The predicted molar refractivity (Wildman–Crippen MR) is 49.4 cm³/mol. The van der Waals surface area contributed by atoms with Crippen LogP contribution in [0.5, 0.6) is 0 Å². The van der Waals surface area contributed by atoms with Crippen molar-refractivity contribution in [2.24, 2.45) is 0 Å². The van der Waals surface area contributed by atoms with E-state index in [-0.39, 0.29) is 17.4 Å². The van der Waals surface area contributed by atoms with Gasteiger partial charge in [-0.05, 0) is 18.4 Å². The van der Waals surface area contributed by atoms with Gasteiger partial charge in [0.1, 0.15) is 0 Å². The van der Waals surface area contributed by atoms with E-state index in [9.17, 15) is 4.79 Å². The Balaban J connectivity index is 0.000000531. The Morgan fingerprint density at radius 2 is 1.71 bits per heavy atom. The first-order valence-corrected chi connectivity index (χ1v) is 4.19. The van der Waals surface area contributed by atoms with Gasteiger partial charge in [-0.2, -0.15) is 0 Å². The van der Waals surface area contributed by atoms with Crippen molar-refractivity contribution < 1.29 is 27.0 Å². The third-order valence-corrected chi connectivity index (χ3v) is 2.17. The first-order valence-electron chi connectivity index (χ1n) is 4.19. The van der Waals surface area contributed by atoms with E-state index in [1.807, 2.05) is 24.3 Å². The van der Waals surface area contributed by atoms with Gasteiger partial charge in [0.15, 0.2) is 5.78 Å². The molecule has 0 saturated carbocycles. The standard InChI is InChI=1S/C10H10O.CO.Cr/c11-10-7-3-5-8-4-1-2-6-9(8)10;1-2;/h1-2,4,6H,3,5,7H2;;. The molecule has 0 saturated heterocycles. The van der Waals surface area contributed by atoms with Gasteiger partial charge in [0.2, 0.25) is 0 Å². The molecule has 0 aliphatic heterocycles. The van der Waals surface area contributed by atoms with Gasteiger partial charge < -0.3 is 0 Å². The van der Waals surface area contributed by atoms with E-state index in [0.29, 0.717) is 5.78 Å². The fraction of sp³-hybridized carbons (Fsp3) is 0.273. The summed E-state index contributed by atoms with van der Waals surface area (Å²) in [6.45, 7) is 4.50. The van der Waals surface area contributed by atoms with Crippen LogP contribution >= 0.6 is 0 Å². The van der Waals surface area contributed by atoms with Gasteiger partial charge in [-0.25, -0.2) is 0 Å². The van der Waals surface area contributed by atoms with Crippen LogP contribution in [0.1, 0.15) is 28.8 Å². The second-order valence-electron chi connectivity index (χ2n) is 2.93. The van der Waals surface area contributed by atoms with Crippen LogP contribution in [0.3, 0.4) is 0 Å². The molecule has 1 aliphatic rings. The van der Waals surface area contributed by atoms with Gasteiger partial charge in [-0.1, -0.05) is 24.3 Å². The van der Waals surface area contributed by atoms with Crippen LogP contribution in [0.2, 0.25) is 0 Å². The molecule has 0 fully saturated rings. The van der Waals surface area contributed by atoms with Crippen molar-refractivity contribution in [3.63, 3.8) is 0 Å². The molecule has 1 aromatic carbocycles. The van der Waals surface area contributed by atoms with Crippen LogP contribution in [-0.2, 0) is 28.6 Å². The number of rotatable bonds is 0. The second kappa shape index (κ2) is 6.53. The molecule has 0 aromatic heterocycles. The zero-order valence-corrected chi connectivity index (χ0v) is 8.93. The summed E-state index contributed by atoms with van der Waals surface area (Å²) in [5.74, 6) is 0.312. The first-order chi connectivity index (χ1) is 6.38. The van der Waals surface area contributed by atoms with E-state index in [2.05, 4.69) is 6.79 Å². The summed E-state index contributed by atoms with van der Waals surface area (Å²) >= 11 is 0. The molecule has 2 rings (SSSR count). The summed E-state index contributed by atoms with van der Waals surface area (Å²) in [6.07, 6.45) is 2.83. The molecule has 0 amide bonds. The molecular weight excluding hydrogens is 216 g/mol. The van der Waals surface area contributed by atoms with Gasteiger partial charge in [-0.3, -0.25) is 9.59 Å². The molecule has 14 heavy (non-hydrogen) atoms. The van der Waals surface area contributed by atoms with E-state index in [1.165, 1.54) is 5.56 Å². The molecule has 0 atom stereocenters. The monoisotopic (exact) mass is 226 g/mol. The molecule has 1 aromatic rings. The number of hydrogen-bond donors (Lipinski definition) is 0. The quantitative estimate of drug-likeness (QED) is 0.676. The maximum atomic E-state index is 11.3. The van der Waals surface area contributed by atoms with Crippen molar-refractivity contribution in [3.8, 4) is 0 Å². The Bertz CT molecular complexity index is 310. The van der Waals surface area contributed by atoms with Crippen LogP contribution in [-0.4, -0.2) is 12.6 Å². The molecule has 0 N–H and O–H groups in total. The van der Waals surface area contributed by atoms with Crippen LogP contribution in [0.25, 0.3) is 0 Å². The summed E-state index contributed by atoms with van der Waals surface area (Å²) in [4.78, 5) is 18.8. The minimum absolute atomic E-state index is 0. The molecule has 1 aliphatic carbocycles. The molecule has 0 spiro atoms. The predicted octanol–water partition coefficient (Wildman–Crippen LogP) is 1.81. The van der Waals surface area contributed by atoms with E-state index >= 15 is 0 Å². The third-order valence-electron chi connectivity index (χ3n) is 2.17. The van der Waals surface area contributed by atoms with E-state index in [0.717, 1.165) is 24.8 Å². The van der Waals surface area contributed by atoms with E-state index in [4.69, 9.17) is 4.79 Å². The second-order valence-corrected chi connectivity index (χ2v) is 2.93. The zero-order chi connectivity index (χ0) is 9.68. The Hall–Kier alpha value is -0.908. The van der Waals surface area contributed by atoms with Crippen molar-refractivity contribution in [1.82, 2.24) is 0 Å². The molecule has 3 heteroatoms. The Labute approximate surface area is 94.5 Å². The van der Waals surface area contributed by atoms with Crippen molar-refractivity contribution in [2.45, 2.75) is 19.3 Å². The molecule has 0 bridgehead atoms. The summed E-state index contributed by atoms with van der Waals surface area (Å²) in [6, 6.07) is 7.91. The molecule has 2 radical (unpaired) electrons. The van der Waals surface area contributed by atoms with Gasteiger partial charge in [0.25, 0.3) is 6.79 Å². The Kier molecular flexibility index (Phi) is 6.11. The first kappa shape index (κ1) is 13.1. The smallest absolute Gasteiger partial charge is 0.281 e. The molecule has 2 nitrogen and oxygen atoms in total. The molecule has 72 valence electrons. The summed E-state index contributed by atoms with van der Waals surface area (Å²) in [7, 11) is 0. The number of Topliss-reactive ketones (excluding diaryl/α,β-unsaturated/α-hetero) is 1. The normalized spacial score (nSPS) is 13.0. The topological polar surface area (TPSA) is 34.1 Å². The third kappa shape index (κ3) is 2.80. The van der Waals surface area contributed by atoms with Crippen molar-refractivity contribution in [2.75, 3.05) is 0 Å². The van der Waals surface area contributed by atoms with Crippen molar-refractivity contribution in [3.05, 3.63) is 35.4 Å². The number of benzene rings is 1. The maximum absolute atomic E-state index is 11.3. The average molecular weight is 226 g/mol. The fourth-order valence-electron chi connectivity index (χ4n) is 1.58. The average Bonchev–Trinajstić information content (AvgIpc) is 2.22. The van der Waals surface area contributed by atoms with Crippen molar-refractivity contribution >= 4 is 12.6 Å². The Morgan fingerprint density at radius 1 is 1.07 bits per heavy atom. The number of ketones is 1. The largest absolute Gasteiger partial charge is 0.294 e. The van der Waals surface area contributed by atoms with Gasteiger partial charge in [0, 0.05) is 29.3 Å². The van der Waals surface area contributed by atoms with Crippen LogP contribution in [0.15, 0.2) is 24.3 Å². The fourth-order valence-corrected chi connectivity index (χ4v) is 1.58. The number of carbonyl (C=O) groups excluding carboxylic acids is 2. The van der Waals surface area contributed by atoms with Crippen LogP contribution in [0, 0.1) is 0 Å². The Morgan fingerprint density at radius 3 is 2.36 bits per heavy atom.